The van der Waals surface area contributed by atoms with E-state index in [1.54, 1.807) is 9.80 Å². The lowest BCUT2D eigenvalue weighted by Crippen LogP contribution is -2.45. The van der Waals surface area contributed by atoms with Crippen molar-refractivity contribution in [2.45, 2.75) is 36.6 Å². The number of likely N-dealkylation sites (tertiary alicyclic amines) is 2. The zero-order valence-corrected chi connectivity index (χ0v) is 19.0. The molecule has 2 amide bonds. The number of amides is 2. The van der Waals surface area contributed by atoms with Gasteiger partial charge in [-0.15, -0.1) is 0 Å². The van der Waals surface area contributed by atoms with Crippen molar-refractivity contribution < 1.29 is 19.1 Å². The van der Waals surface area contributed by atoms with Crippen molar-refractivity contribution in [2.24, 2.45) is 10.2 Å². The fourth-order valence-corrected chi connectivity index (χ4v) is 5.92. The molecule has 2 aromatic rings. The van der Waals surface area contributed by atoms with E-state index in [4.69, 9.17) is 19.7 Å². The molecule has 0 spiro atoms. The Bertz CT molecular complexity index is 1200. The SMILES string of the molecule is COC(=O)N1CC[C@H]2c3cccc(N=N[C@]45CCN(C(=O)OC)C4Nc4ccccc45)c3NC21. The molecule has 0 bridgehead atoms. The summed E-state index contributed by atoms with van der Waals surface area (Å²) in [5.74, 6) is 0.185. The normalized spacial score (nSPS) is 28.1. The molecule has 4 heterocycles. The molecule has 2 saturated heterocycles. The molecule has 0 aromatic heterocycles. The largest absolute Gasteiger partial charge is 0.453 e. The number of fused-ring (bicyclic) bond motifs is 6. The Labute approximate surface area is 196 Å². The molecule has 10 nitrogen and oxygen atoms in total. The van der Waals surface area contributed by atoms with Crippen LogP contribution in [0.5, 0.6) is 0 Å². The third kappa shape index (κ3) is 2.80. The highest BCUT2D eigenvalue weighted by molar-refractivity contribution is 5.77. The van der Waals surface area contributed by atoms with Gasteiger partial charge >= 0.3 is 12.2 Å². The Kier molecular flexibility index (Phi) is 4.65. The molecular formula is C24H26N6O4. The molecule has 0 radical (unpaired) electrons. The summed E-state index contributed by atoms with van der Waals surface area (Å²) in [6.45, 7) is 1.16. The standard InChI is InChI=1S/C24H26N6O4/c1-33-22(31)29-12-10-15-14-6-5-9-18(19(14)26-20(15)29)27-28-24-11-13-30(23(32)34-2)21(24)25-17-8-4-3-7-16(17)24/h3-9,15,20-21,25-26H,10-13H2,1-2H3/t15-,20?,21?,24-/m0/s1. The van der Waals surface area contributed by atoms with E-state index in [9.17, 15) is 9.59 Å². The molecular weight excluding hydrogens is 436 g/mol. The maximum atomic E-state index is 12.4. The lowest BCUT2D eigenvalue weighted by atomic mass is 9.90. The molecule has 34 heavy (non-hydrogen) atoms. The van der Waals surface area contributed by atoms with Crippen molar-refractivity contribution in [1.82, 2.24) is 9.80 Å². The fraction of sp³-hybridized carbons (Fsp3) is 0.417. The van der Waals surface area contributed by atoms with Crippen LogP contribution in [0, 0.1) is 0 Å². The molecule has 0 saturated carbocycles. The first-order chi connectivity index (χ1) is 16.6. The fourth-order valence-electron chi connectivity index (χ4n) is 5.92. The maximum Gasteiger partial charge on any atom is 0.411 e. The highest BCUT2D eigenvalue weighted by Gasteiger charge is 2.56. The molecule has 4 atom stereocenters. The van der Waals surface area contributed by atoms with Gasteiger partial charge in [0.15, 0.2) is 0 Å². The second-order valence-corrected chi connectivity index (χ2v) is 9.02. The van der Waals surface area contributed by atoms with Gasteiger partial charge in [-0.1, -0.05) is 30.3 Å². The van der Waals surface area contributed by atoms with Gasteiger partial charge in [-0.25, -0.2) is 9.59 Å². The van der Waals surface area contributed by atoms with Crippen LogP contribution in [-0.4, -0.2) is 61.6 Å². The van der Waals surface area contributed by atoms with Gasteiger partial charge in [-0.3, -0.25) is 9.80 Å². The number of benzene rings is 2. The Morgan fingerprint density at radius 2 is 1.79 bits per heavy atom. The van der Waals surface area contributed by atoms with Gasteiger partial charge in [0.1, 0.15) is 23.6 Å². The third-order valence-corrected chi connectivity index (χ3v) is 7.50. The zero-order valence-electron chi connectivity index (χ0n) is 19.0. The van der Waals surface area contributed by atoms with Crippen LogP contribution in [0.4, 0.5) is 26.7 Å². The predicted molar refractivity (Wildman–Crippen MR) is 124 cm³/mol. The van der Waals surface area contributed by atoms with Gasteiger partial charge in [-0.05, 0) is 24.1 Å². The summed E-state index contributed by atoms with van der Waals surface area (Å²) in [5, 5.41) is 16.6. The summed E-state index contributed by atoms with van der Waals surface area (Å²) in [6, 6.07) is 13.9. The minimum Gasteiger partial charge on any atom is -0.453 e. The van der Waals surface area contributed by atoms with Crippen molar-refractivity contribution in [3.05, 3.63) is 53.6 Å². The topological polar surface area (TPSA) is 108 Å². The monoisotopic (exact) mass is 462 g/mol. The number of ether oxygens (including phenoxy) is 2. The number of hydrogen-bond acceptors (Lipinski definition) is 8. The minimum absolute atomic E-state index is 0.153. The van der Waals surface area contributed by atoms with Crippen LogP contribution in [0.2, 0.25) is 0 Å². The Morgan fingerprint density at radius 1 is 1.00 bits per heavy atom. The number of carbonyl (C=O) groups excluding carboxylic acids is 2. The summed E-state index contributed by atoms with van der Waals surface area (Å²) in [4.78, 5) is 28.1. The number of anilines is 2. The van der Waals surface area contributed by atoms with E-state index in [2.05, 4.69) is 16.7 Å². The molecule has 2 aromatic carbocycles. The van der Waals surface area contributed by atoms with E-state index in [1.165, 1.54) is 14.2 Å². The van der Waals surface area contributed by atoms with E-state index in [-0.39, 0.29) is 30.4 Å². The number of azo groups is 1. The number of hydrogen-bond donors (Lipinski definition) is 2. The third-order valence-electron chi connectivity index (χ3n) is 7.50. The molecule has 2 fully saturated rings. The van der Waals surface area contributed by atoms with E-state index in [1.807, 2.05) is 36.4 Å². The molecule has 176 valence electrons. The first kappa shape index (κ1) is 20.8. The minimum atomic E-state index is -0.708. The Hall–Kier alpha value is -3.82. The Morgan fingerprint density at radius 3 is 2.62 bits per heavy atom. The molecule has 4 aliphatic rings. The molecule has 4 aliphatic heterocycles. The predicted octanol–water partition coefficient (Wildman–Crippen LogP) is 4.20. The summed E-state index contributed by atoms with van der Waals surface area (Å²) < 4.78 is 9.97. The average Bonchev–Trinajstić information content (AvgIpc) is 3.60. The first-order valence-electron chi connectivity index (χ1n) is 11.4. The first-order valence-corrected chi connectivity index (χ1v) is 11.4. The van der Waals surface area contributed by atoms with Gasteiger partial charge in [-0.2, -0.15) is 10.2 Å². The van der Waals surface area contributed by atoms with Crippen LogP contribution in [0.25, 0.3) is 0 Å². The van der Waals surface area contributed by atoms with Crippen molar-refractivity contribution >= 4 is 29.2 Å². The average molecular weight is 463 g/mol. The summed E-state index contributed by atoms with van der Waals surface area (Å²) in [7, 11) is 2.79. The highest BCUT2D eigenvalue weighted by Crippen LogP contribution is 2.52. The zero-order chi connectivity index (χ0) is 23.4. The van der Waals surface area contributed by atoms with Crippen molar-refractivity contribution in [3.63, 3.8) is 0 Å². The number of para-hydroxylation sites is 2. The Balaban J connectivity index is 1.36. The van der Waals surface area contributed by atoms with E-state index in [0.29, 0.717) is 25.2 Å². The van der Waals surface area contributed by atoms with Gasteiger partial charge < -0.3 is 20.1 Å². The van der Waals surface area contributed by atoms with E-state index >= 15 is 0 Å². The summed E-state index contributed by atoms with van der Waals surface area (Å²) >= 11 is 0. The molecule has 2 N–H and O–H groups in total. The van der Waals surface area contributed by atoms with Crippen molar-refractivity contribution in [2.75, 3.05) is 37.9 Å². The molecule has 0 aliphatic carbocycles. The van der Waals surface area contributed by atoms with E-state index in [0.717, 1.165) is 28.9 Å². The van der Waals surface area contributed by atoms with Crippen molar-refractivity contribution in [3.8, 4) is 0 Å². The number of nitrogens with one attached hydrogen (secondary N) is 2. The van der Waals surface area contributed by atoms with Gasteiger partial charge in [0, 0.05) is 36.7 Å². The van der Waals surface area contributed by atoms with Crippen LogP contribution in [0.15, 0.2) is 52.7 Å². The van der Waals surface area contributed by atoms with Crippen LogP contribution in [0.3, 0.4) is 0 Å². The smallest absolute Gasteiger partial charge is 0.411 e. The van der Waals surface area contributed by atoms with E-state index < -0.39 is 5.54 Å². The summed E-state index contributed by atoms with van der Waals surface area (Å²) in [6.07, 6.45) is 0.238. The number of nitrogens with zero attached hydrogens (tertiary/aromatic N) is 4. The maximum absolute atomic E-state index is 12.4. The quantitative estimate of drug-likeness (QED) is 0.648. The molecule has 2 unspecified atom stereocenters. The second kappa shape index (κ2) is 7.61. The van der Waals surface area contributed by atoms with Crippen LogP contribution < -0.4 is 10.6 Å². The lowest BCUT2D eigenvalue weighted by Gasteiger charge is -2.27. The second-order valence-electron chi connectivity index (χ2n) is 9.02. The number of rotatable bonds is 2. The highest BCUT2D eigenvalue weighted by atomic mass is 16.5. The van der Waals surface area contributed by atoms with Gasteiger partial charge in [0.2, 0.25) is 0 Å². The summed E-state index contributed by atoms with van der Waals surface area (Å²) in [5.41, 5.74) is 3.99. The van der Waals surface area contributed by atoms with Crippen LogP contribution in [-0.2, 0) is 15.0 Å². The number of carbonyl (C=O) groups is 2. The van der Waals surface area contributed by atoms with Crippen molar-refractivity contribution in [1.29, 1.82) is 0 Å². The van der Waals surface area contributed by atoms with Gasteiger partial charge in [0.25, 0.3) is 0 Å². The number of methoxy groups -OCH3 is 2. The lowest BCUT2D eigenvalue weighted by molar-refractivity contribution is 0.118. The van der Waals surface area contributed by atoms with Crippen LogP contribution in [0.1, 0.15) is 29.9 Å². The van der Waals surface area contributed by atoms with Gasteiger partial charge in [0.05, 0.1) is 19.9 Å². The molecule has 10 heteroatoms. The van der Waals surface area contributed by atoms with Crippen LogP contribution >= 0.6 is 0 Å². The molecule has 6 rings (SSSR count).